The molecule has 1 fully saturated rings. The number of benzene rings is 2. The van der Waals surface area contributed by atoms with Crippen LogP contribution in [0.1, 0.15) is 53.2 Å². The van der Waals surface area contributed by atoms with Gasteiger partial charge < -0.3 is 14.6 Å². The fourth-order valence-electron chi connectivity index (χ4n) is 4.18. The minimum Gasteiger partial charge on any atom is -0.497 e. The van der Waals surface area contributed by atoms with Gasteiger partial charge in [-0.2, -0.15) is 0 Å². The van der Waals surface area contributed by atoms with E-state index in [0.717, 1.165) is 42.6 Å². The Morgan fingerprint density at radius 2 is 1.69 bits per heavy atom. The number of ether oxygens (including phenoxy) is 2. The van der Waals surface area contributed by atoms with Gasteiger partial charge in [0.25, 0.3) is 0 Å². The first-order valence-corrected chi connectivity index (χ1v) is 11.9. The third-order valence-corrected chi connectivity index (χ3v) is 7.35. The molecule has 0 unspecified atom stereocenters. The molecule has 0 bridgehead atoms. The van der Waals surface area contributed by atoms with Gasteiger partial charge in [-0.1, -0.05) is 29.5 Å². The van der Waals surface area contributed by atoms with Crippen molar-refractivity contribution in [2.24, 2.45) is 0 Å². The molecule has 11 heteroatoms. The van der Waals surface area contributed by atoms with Gasteiger partial charge in [-0.05, 0) is 67.0 Å². The normalized spacial score (nSPS) is 18.3. The van der Waals surface area contributed by atoms with Crippen molar-refractivity contribution in [1.29, 1.82) is 0 Å². The van der Waals surface area contributed by atoms with Crippen molar-refractivity contribution < 1.29 is 32.5 Å². The van der Waals surface area contributed by atoms with Crippen LogP contribution >= 0.6 is 11.8 Å². The van der Waals surface area contributed by atoms with E-state index < -0.39 is 12.3 Å². The van der Waals surface area contributed by atoms with E-state index in [4.69, 9.17) is 4.74 Å². The van der Waals surface area contributed by atoms with Crippen LogP contribution in [0.5, 0.6) is 11.5 Å². The van der Waals surface area contributed by atoms with Crippen LogP contribution in [-0.4, -0.2) is 44.8 Å². The van der Waals surface area contributed by atoms with E-state index >= 15 is 0 Å². The van der Waals surface area contributed by atoms with Crippen molar-refractivity contribution in [2.45, 2.75) is 54.8 Å². The van der Waals surface area contributed by atoms with Crippen molar-refractivity contribution in [2.75, 3.05) is 7.11 Å². The van der Waals surface area contributed by atoms with E-state index in [1.165, 1.54) is 23.9 Å². The highest BCUT2D eigenvalue weighted by atomic mass is 32.2. The molecule has 0 atom stereocenters. The Hall–Kier alpha value is -3.21. The fourth-order valence-corrected chi connectivity index (χ4v) is 5.46. The summed E-state index contributed by atoms with van der Waals surface area (Å²) in [6.07, 6.45) is -1.34. The van der Waals surface area contributed by atoms with Gasteiger partial charge in [-0.15, -0.1) is 30.0 Å². The molecule has 1 aromatic heterocycles. The lowest BCUT2D eigenvalue weighted by Crippen LogP contribution is -2.18. The van der Waals surface area contributed by atoms with Crippen LogP contribution in [0.4, 0.5) is 13.2 Å². The van der Waals surface area contributed by atoms with Crippen LogP contribution < -0.4 is 9.47 Å². The van der Waals surface area contributed by atoms with Crippen molar-refractivity contribution in [3.63, 3.8) is 0 Å². The number of carbonyl (C=O) groups is 1. The summed E-state index contributed by atoms with van der Waals surface area (Å²) in [5, 5.41) is 18.3. The second-order valence-electron chi connectivity index (χ2n) is 8.26. The Balaban J connectivity index is 1.40. The van der Waals surface area contributed by atoms with Crippen LogP contribution in [0.25, 0.3) is 0 Å². The summed E-state index contributed by atoms with van der Waals surface area (Å²) in [7, 11) is 1.59. The summed E-state index contributed by atoms with van der Waals surface area (Å²) >= 11 is 1.47. The molecule has 4 rings (SSSR count). The molecule has 1 saturated carbocycles. The molecule has 3 aromatic rings. The molecule has 1 N–H and O–H groups in total. The van der Waals surface area contributed by atoms with Gasteiger partial charge in [0, 0.05) is 5.25 Å². The van der Waals surface area contributed by atoms with E-state index in [1.807, 2.05) is 24.3 Å². The molecule has 186 valence electrons. The van der Waals surface area contributed by atoms with E-state index in [9.17, 15) is 23.1 Å². The first kappa shape index (κ1) is 24.9. The van der Waals surface area contributed by atoms with E-state index in [2.05, 4.69) is 15.0 Å². The standard InChI is InChI=1S/C24H24F3N3O4S/c1-33-18-8-2-15(3-9-18)14-30-22(21(23(31)32)28-29-30)35-20-12-6-17(7-13-20)16-4-10-19(11-5-16)34-24(25,26)27/h2-5,8-11,17,20H,6-7,12-14H2,1H3,(H,31,32)/t17-,20+. The van der Waals surface area contributed by atoms with Crippen LogP contribution in [-0.2, 0) is 6.54 Å². The highest BCUT2D eigenvalue weighted by Crippen LogP contribution is 2.41. The Morgan fingerprint density at radius 1 is 1.06 bits per heavy atom. The number of carboxylic acids is 1. The summed E-state index contributed by atoms with van der Waals surface area (Å²) in [6.45, 7) is 0.383. The molecule has 1 aliphatic carbocycles. The summed E-state index contributed by atoms with van der Waals surface area (Å²) in [5.74, 6) is -0.395. The highest BCUT2D eigenvalue weighted by molar-refractivity contribution is 7.99. The minimum absolute atomic E-state index is 0.0640. The van der Waals surface area contributed by atoms with Crippen molar-refractivity contribution in [1.82, 2.24) is 15.0 Å². The summed E-state index contributed by atoms with van der Waals surface area (Å²) in [6, 6.07) is 13.5. The summed E-state index contributed by atoms with van der Waals surface area (Å²) in [4.78, 5) is 11.7. The molecule has 2 aromatic carbocycles. The van der Waals surface area contributed by atoms with Gasteiger partial charge in [0.2, 0.25) is 5.69 Å². The van der Waals surface area contributed by atoms with Crippen LogP contribution in [0, 0.1) is 0 Å². The number of alkyl halides is 3. The Morgan fingerprint density at radius 3 is 2.26 bits per heavy atom. The number of hydrogen-bond acceptors (Lipinski definition) is 6. The quantitative estimate of drug-likeness (QED) is 0.415. The SMILES string of the molecule is COc1ccc(Cn2nnc(C(=O)O)c2S[C@H]2CC[C@@H](c3ccc(OC(F)(F)F)cc3)CC2)cc1. The van der Waals surface area contributed by atoms with Gasteiger partial charge >= 0.3 is 12.3 Å². The summed E-state index contributed by atoms with van der Waals surface area (Å²) < 4.78 is 47.9. The molecule has 1 aliphatic rings. The highest BCUT2D eigenvalue weighted by Gasteiger charge is 2.31. The monoisotopic (exact) mass is 507 g/mol. The maximum absolute atomic E-state index is 12.4. The maximum Gasteiger partial charge on any atom is 0.573 e. The number of carboxylic acid groups (broad SMARTS) is 1. The van der Waals surface area contributed by atoms with Crippen LogP contribution in [0.3, 0.4) is 0 Å². The zero-order valence-electron chi connectivity index (χ0n) is 18.9. The zero-order chi connectivity index (χ0) is 25.0. The predicted octanol–water partition coefficient (Wildman–Crippen LogP) is 5.75. The third-order valence-electron chi connectivity index (χ3n) is 5.92. The number of hydrogen-bond donors (Lipinski definition) is 1. The topological polar surface area (TPSA) is 86.5 Å². The molecule has 0 aliphatic heterocycles. The lowest BCUT2D eigenvalue weighted by atomic mass is 9.84. The smallest absolute Gasteiger partial charge is 0.497 e. The van der Waals surface area contributed by atoms with E-state index in [-0.39, 0.29) is 22.6 Å². The lowest BCUT2D eigenvalue weighted by Gasteiger charge is -2.28. The van der Waals surface area contributed by atoms with Crippen LogP contribution in [0.15, 0.2) is 53.6 Å². The van der Waals surface area contributed by atoms with Crippen molar-refractivity contribution in [3.8, 4) is 11.5 Å². The van der Waals surface area contributed by atoms with Crippen LogP contribution in [0.2, 0.25) is 0 Å². The summed E-state index contributed by atoms with van der Waals surface area (Å²) in [5.41, 5.74) is 1.85. The number of nitrogens with zero attached hydrogens (tertiary/aromatic N) is 3. The van der Waals surface area contributed by atoms with Gasteiger partial charge in [0.15, 0.2) is 0 Å². The molecule has 0 radical (unpaired) electrons. The van der Waals surface area contributed by atoms with E-state index in [0.29, 0.717) is 11.6 Å². The number of aromatic nitrogens is 3. The molecule has 0 amide bonds. The molecular formula is C24H24F3N3O4S. The van der Waals surface area contributed by atoms with Crippen molar-refractivity contribution >= 4 is 17.7 Å². The molecule has 7 nitrogen and oxygen atoms in total. The third kappa shape index (κ3) is 6.47. The average Bonchev–Trinajstić information content (AvgIpc) is 3.22. The van der Waals surface area contributed by atoms with Gasteiger partial charge in [0.1, 0.15) is 16.5 Å². The largest absolute Gasteiger partial charge is 0.573 e. The first-order chi connectivity index (χ1) is 16.7. The number of thioether (sulfide) groups is 1. The second kappa shape index (κ2) is 10.6. The van der Waals surface area contributed by atoms with Gasteiger partial charge in [-0.25, -0.2) is 9.48 Å². The molecule has 0 spiro atoms. The lowest BCUT2D eigenvalue weighted by molar-refractivity contribution is -0.274. The van der Waals surface area contributed by atoms with Gasteiger partial charge in [0.05, 0.1) is 13.7 Å². The molecule has 1 heterocycles. The number of halogens is 3. The second-order valence-corrected chi connectivity index (χ2v) is 9.55. The minimum atomic E-state index is -4.71. The number of aromatic carboxylic acids is 1. The van der Waals surface area contributed by atoms with E-state index in [1.54, 1.807) is 23.9 Å². The zero-order valence-corrected chi connectivity index (χ0v) is 19.7. The van der Waals surface area contributed by atoms with Crippen molar-refractivity contribution in [3.05, 3.63) is 65.4 Å². The molecular weight excluding hydrogens is 483 g/mol. The Kier molecular flexibility index (Phi) is 7.54. The first-order valence-electron chi connectivity index (χ1n) is 11.0. The maximum atomic E-state index is 12.4. The predicted molar refractivity (Wildman–Crippen MR) is 123 cm³/mol. The number of methoxy groups -OCH3 is 1. The van der Waals surface area contributed by atoms with Gasteiger partial charge in [-0.3, -0.25) is 0 Å². The number of rotatable bonds is 8. The fraction of sp³-hybridized carbons (Fsp3) is 0.375. The Bertz CT molecular complexity index is 1140. The Labute approximate surface area is 204 Å². The molecule has 0 saturated heterocycles. The average molecular weight is 508 g/mol. The molecule has 35 heavy (non-hydrogen) atoms.